The van der Waals surface area contributed by atoms with Gasteiger partial charge in [0.2, 0.25) is 0 Å². The minimum Gasteiger partial charge on any atom is -0.310 e. The molecule has 0 saturated heterocycles. The Morgan fingerprint density at radius 2 is 1.02 bits per heavy atom. The van der Waals surface area contributed by atoms with Crippen molar-refractivity contribution in [3.63, 3.8) is 0 Å². The molecule has 7 aromatic rings. The highest BCUT2D eigenvalue weighted by Crippen LogP contribution is 2.61. The fourth-order valence-electron chi connectivity index (χ4n) is 7.69. The molecule has 1 aromatic heterocycles. The maximum Gasteiger partial charge on any atom is 0.0632 e. The quantitative estimate of drug-likeness (QED) is 0.187. The lowest BCUT2D eigenvalue weighted by Crippen LogP contribution is -2.42. The molecule has 1 aliphatic carbocycles. The molecule has 0 radical (unpaired) electrons. The summed E-state index contributed by atoms with van der Waals surface area (Å²) in [5, 5.41) is 2.33. The van der Waals surface area contributed by atoms with Gasteiger partial charge in [-0.2, -0.15) is 0 Å². The number of rotatable bonds is 5. The van der Waals surface area contributed by atoms with Crippen molar-refractivity contribution in [2.24, 2.45) is 5.41 Å². The van der Waals surface area contributed by atoms with Crippen LogP contribution in [0.25, 0.3) is 38.6 Å². The number of para-hydroxylation sites is 4. The molecule has 0 N–H and O–H groups in total. The van der Waals surface area contributed by atoms with E-state index in [1.165, 1.54) is 0 Å². The normalized spacial score (nSPS) is 16.9. The molecule has 0 saturated carbocycles. The molecule has 0 amide bonds. The van der Waals surface area contributed by atoms with Crippen LogP contribution in [-0.4, -0.2) is 4.57 Å². The highest BCUT2D eigenvalue weighted by molar-refractivity contribution is 6.09. The number of aromatic nitrogens is 1. The first-order valence-corrected chi connectivity index (χ1v) is 16.5. The van der Waals surface area contributed by atoms with Crippen molar-refractivity contribution in [1.82, 2.24) is 4.57 Å². The Morgan fingerprint density at radius 3 is 1.60 bits per heavy atom. The first kappa shape index (κ1) is 26.0. The van der Waals surface area contributed by atoms with Gasteiger partial charge < -0.3 is 9.47 Å². The van der Waals surface area contributed by atoms with Crippen LogP contribution >= 0.6 is 0 Å². The van der Waals surface area contributed by atoms with E-state index in [0.717, 1.165) is 61.2 Å². The lowest BCUT2D eigenvalue weighted by atomic mass is 9.59. The van der Waals surface area contributed by atoms with Crippen LogP contribution in [-0.2, 0) is 10.8 Å². The zero-order valence-corrected chi connectivity index (χ0v) is 28.0. The molecule has 2 heteroatoms. The van der Waals surface area contributed by atoms with Crippen LogP contribution < -0.4 is 4.90 Å². The number of benzene rings is 6. The first-order valence-electron chi connectivity index (χ1n) is 18.0. The van der Waals surface area contributed by atoms with Crippen molar-refractivity contribution >= 4 is 38.9 Å². The largest absolute Gasteiger partial charge is 0.310 e. The molecular weight excluding hydrogens is 569 g/mol. The summed E-state index contributed by atoms with van der Waals surface area (Å²) in [5.74, 6) is 0. The average Bonchev–Trinajstić information content (AvgIpc) is 3.50. The first-order chi connectivity index (χ1) is 23.9. The van der Waals surface area contributed by atoms with E-state index in [0.29, 0.717) is 11.6 Å². The minimum absolute atomic E-state index is 0.103. The van der Waals surface area contributed by atoms with Crippen LogP contribution in [0.4, 0.5) is 17.1 Å². The summed E-state index contributed by atoms with van der Waals surface area (Å²) in [5.41, 5.74) is 7.94. The third-order valence-corrected chi connectivity index (χ3v) is 11.5. The molecule has 0 spiro atoms. The molecule has 0 bridgehead atoms. The van der Waals surface area contributed by atoms with E-state index < -0.39 is 5.41 Å². The second-order valence-corrected chi connectivity index (χ2v) is 14.5. The van der Waals surface area contributed by atoms with Crippen molar-refractivity contribution in [3.8, 4) is 16.8 Å². The van der Waals surface area contributed by atoms with Gasteiger partial charge in [-0.1, -0.05) is 132 Å². The van der Waals surface area contributed by atoms with Gasteiger partial charge in [-0.15, -0.1) is 0 Å². The number of hydrogen-bond acceptors (Lipinski definition) is 1. The average molecular weight is 614 g/mol. The van der Waals surface area contributed by atoms with Gasteiger partial charge in [-0.3, -0.25) is 0 Å². The van der Waals surface area contributed by atoms with Crippen LogP contribution in [0.3, 0.4) is 0 Å². The molecule has 232 valence electrons. The second-order valence-electron chi connectivity index (χ2n) is 14.5. The number of nitrogens with zero attached hydrogens (tertiary/aromatic N) is 2. The molecular formula is C45H42N2. The predicted octanol–water partition coefficient (Wildman–Crippen LogP) is 12.5. The summed E-state index contributed by atoms with van der Waals surface area (Å²) < 4.78 is 31.3. The van der Waals surface area contributed by atoms with E-state index in [4.69, 9.17) is 0 Å². The van der Waals surface area contributed by atoms with E-state index in [-0.39, 0.29) is 22.9 Å². The van der Waals surface area contributed by atoms with Gasteiger partial charge in [-0.25, -0.2) is 0 Å². The maximum absolute atomic E-state index is 9.90. The van der Waals surface area contributed by atoms with E-state index in [2.05, 4.69) is 142 Å². The minimum atomic E-state index is -0.394. The Hall–Kier alpha value is -5.08. The van der Waals surface area contributed by atoms with Crippen molar-refractivity contribution in [3.05, 3.63) is 157 Å². The Kier molecular flexibility index (Phi) is 5.80. The van der Waals surface area contributed by atoms with Gasteiger partial charge in [-0.05, 0) is 93.1 Å². The van der Waals surface area contributed by atoms with Crippen LogP contribution in [0, 0.1) is 5.41 Å². The number of hydrogen-bond donors (Lipinski definition) is 0. The summed E-state index contributed by atoms with van der Waals surface area (Å²) in [6.07, 6.45) is 0. The van der Waals surface area contributed by atoms with Crippen molar-refractivity contribution in [1.29, 1.82) is 0 Å². The smallest absolute Gasteiger partial charge is 0.0632 e. The van der Waals surface area contributed by atoms with Crippen LogP contribution in [0.5, 0.6) is 0 Å². The second kappa shape index (κ2) is 10.5. The third-order valence-electron chi connectivity index (χ3n) is 11.5. The van der Waals surface area contributed by atoms with Gasteiger partial charge in [0.15, 0.2) is 0 Å². The molecule has 0 aliphatic heterocycles. The summed E-state index contributed by atoms with van der Waals surface area (Å²) >= 11 is 0. The van der Waals surface area contributed by atoms with Crippen LogP contribution in [0.2, 0.25) is 0 Å². The lowest BCUT2D eigenvalue weighted by molar-refractivity contribution is 0.125. The number of fused-ring (bicyclic) bond motifs is 4. The maximum atomic E-state index is 9.90. The lowest BCUT2D eigenvalue weighted by Gasteiger charge is -2.44. The Balaban J connectivity index is 1.50. The van der Waals surface area contributed by atoms with Crippen LogP contribution in [0.1, 0.15) is 56.8 Å². The van der Waals surface area contributed by atoms with Gasteiger partial charge in [0.1, 0.15) is 0 Å². The highest BCUT2D eigenvalue weighted by atomic mass is 15.1. The van der Waals surface area contributed by atoms with Crippen molar-refractivity contribution in [2.75, 3.05) is 4.90 Å². The van der Waals surface area contributed by atoms with Crippen molar-refractivity contribution in [2.45, 2.75) is 52.4 Å². The van der Waals surface area contributed by atoms with E-state index in [9.17, 15) is 4.11 Å². The van der Waals surface area contributed by atoms with Gasteiger partial charge in [0, 0.05) is 33.5 Å². The topological polar surface area (TPSA) is 8.17 Å². The summed E-state index contributed by atoms with van der Waals surface area (Å²) in [6, 6.07) is 44.7. The predicted molar refractivity (Wildman–Crippen MR) is 201 cm³/mol. The van der Waals surface area contributed by atoms with E-state index in [1.54, 1.807) is 0 Å². The van der Waals surface area contributed by atoms with Gasteiger partial charge in [0.25, 0.3) is 0 Å². The zero-order chi connectivity index (χ0) is 35.2. The molecule has 1 heterocycles. The molecule has 6 aromatic carbocycles. The standard InChI is InChI=1S/C45H42N2/c1-43(2)39-26-25-31(29-40(39)44(3,4)45(43,5)6)32-27-35(46(33-17-9-7-10-18-33)34-19-11-8-12-20-34)30-36(28-32)47-41-23-15-13-21-37(41)38-22-14-16-24-42(38)47/h7-30H,1-6H3/i25D,26D,29D. The fourth-order valence-corrected chi connectivity index (χ4v) is 7.69. The molecule has 1 aliphatic rings. The SMILES string of the molecule is [2H]c1c([2H])c2c(c([2H])c1-c1cc(N(c3ccccc3)c3ccccc3)cc(-n3c4ccccc4c4ccccc43)c1)C(C)(C)C(C)(C)C2(C)C. The van der Waals surface area contributed by atoms with E-state index >= 15 is 0 Å². The molecule has 0 atom stereocenters. The summed E-state index contributed by atoms with van der Waals surface area (Å²) in [6.45, 7) is 13.3. The fraction of sp³-hybridized carbons (Fsp3) is 0.200. The van der Waals surface area contributed by atoms with E-state index in [1.807, 2.05) is 36.4 Å². The Labute approximate surface area is 283 Å². The Bertz CT molecular complexity index is 2350. The van der Waals surface area contributed by atoms with Gasteiger partial charge in [0.05, 0.1) is 15.1 Å². The summed E-state index contributed by atoms with van der Waals surface area (Å²) in [4.78, 5) is 2.24. The number of anilines is 3. The summed E-state index contributed by atoms with van der Waals surface area (Å²) in [7, 11) is 0. The molecule has 0 unspecified atom stereocenters. The van der Waals surface area contributed by atoms with Crippen LogP contribution in [0.15, 0.2) is 146 Å². The molecule has 47 heavy (non-hydrogen) atoms. The molecule has 2 nitrogen and oxygen atoms in total. The highest BCUT2D eigenvalue weighted by Gasteiger charge is 2.56. The molecule has 0 fully saturated rings. The van der Waals surface area contributed by atoms with Gasteiger partial charge >= 0.3 is 0 Å². The third kappa shape index (κ3) is 4.31. The monoisotopic (exact) mass is 613 g/mol. The Morgan fingerprint density at radius 1 is 0.511 bits per heavy atom. The van der Waals surface area contributed by atoms with Crippen molar-refractivity contribution < 1.29 is 4.11 Å². The molecule has 8 rings (SSSR count). The zero-order valence-electron chi connectivity index (χ0n) is 31.0.